The molecule has 0 aromatic heterocycles. The first-order chi connectivity index (χ1) is 11.4. The van der Waals surface area contributed by atoms with E-state index < -0.39 is 0 Å². The minimum absolute atomic E-state index is 0.859. The lowest BCUT2D eigenvalue weighted by Crippen LogP contribution is -2.41. The molecule has 2 nitrogen and oxygen atoms in total. The zero-order valence-corrected chi connectivity index (χ0v) is 15.6. The van der Waals surface area contributed by atoms with Gasteiger partial charge in [0, 0.05) is 37.2 Å². The molecule has 1 saturated carbocycles. The van der Waals surface area contributed by atoms with Gasteiger partial charge in [-0.05, 0) is 31.4 Å². The van der Waals surface area contributed by atoms with Gasteiger partial charge in [0.1, 0.15) is 0 Å². The first kappa shape index (κ1) is 18.8. The van der Waals surface area contributed by atoms with Gasteiger partial charge in [-0.1, -0.05) is 56.5 Å². The third-order valence-electron chi connectivity index (χ3n) is 4.71. The molecule has 0 heterocycles. The molecule has 1 aromatic carbocycles. The average Bonchev–Trinajstić information content (AvgIpc) is 2.61. The van der Waals surface area contributed by atoms with Gasteiger partial charge >= 0.3 is 0 Å². The zero-order chi connectivity index (χ0) is 16.2. The number of hydrogen-bond acceptors (Lipinski definition) is 3. The largest absolute Gasteiger partial charge is 0.315 e. The summed E-state index contributed by atoms with van der Waals surface area (Å²) < 4.78 is 0. The Bertz CT molecular complexity index is 390. The predicted molar refractivity (Wildman–Crippen MR) is 104 cm³/mol. The molecule has 0 unspecified atom stereocenters. The highest BCUT2D eigenvalue weighted by Crippen LogP contribution is 2.22. The summed E-state index contributed by atoms with van der Waals surface area (Å²) in [6.45, 7) is 7.07. The highest BCUT2D eigenvalue weighted by molar-refractivity contribution is 7.98. The molecule has 23 heavy (non-hydrogen) atoms. The quantitative estimate of drug-likeness (QED) is 0.598. The Morgan fingerprint density at radius 3 is 2.57 bits per heavy atom. The Balaban J connectivity index is 1.52. The third kappa shape index (κ3) is 7.73. The van der Waals surface area contributed by atoms with Crippen molar-refractivity contribution >= 4 is 11.8 Å². The summed E-state index contributed by atoms with van der Waals surface area (Å²) in [6.07, 6.45) is 8.46. The summed E-state index contributed by atoms with van der Waals surface area (Å²) in [5.41, 5.74) is 1.43. The molecule has 2 rings (SSSR count). The molecular formula is C20H34N2S. The molecule has 1 aromatic rings. The van der Waals surface area contributed by atoms with E-state index in [4.69, 9.17) is 0 Å². The molecule has 0 bridgehead atoms. The van der Waals surface area contributed by atoms with Crippen molar-refractivity contribution in [3.05, 3.63) is 35.9 Å². The monoisotopic (exact) mass is 334 g/mol. The van der Waals surface area contributed by atoms with E-state index in [1.54, 1.807) is 0 Å². The zero-order valence-electron chi connectivity index (χ0n) is 14.8. The molecule has 130 valence electrons. The molecular weight excluding hydrogens is 300 g/mol. The van der Waals surface area contributed by atoms with E-state index in [0.717, 1.165) is 24.9 Å². The maximum absolute atomic E-state index is 3.64. The Hall–Kier alpha value is -0.510. The molecule has 0 atom stereocenters. The number of nitrogens with zero attached hydrogens (tertiary/aromatic N) is 1. The van der Waals surface area contributed by atoms with Gasteiger partial charge in [0.15, 0.2) is 0 Å². The van der Waals surface area contributed by atoms with E-state index in [9.17, 15) is 0 Å². The lowest BCUT2D eigenvalue weighted by molar-refractivity contribution is 0.157. The molecule has 0 radical (unpaired) electrons. The van der Waals surface area contributed by atoms with Crippen molar-refractivity contribution in [2.75, 3.05) is 31.9 Å². The van der Waals surface area contributed by atoms with Crippen molar-refractivity contribution < 1.29 is 0 Å². The summed E-state index contributed by atoms with van der Waals surface area (Å²) in [4.78, 5) is 2.74. The summed E-state index contributed by atoms with van der Waals surface area (Å²) in [5, 5.41) is 3.64. The molecule has 0 aliphatic heterocycles. The van der Waals surface area contributed by atoms with E-state index in [1.807, 2.05) is 11.8 Å². The van der Waals surface area contributed by atoms with Crippen LogP contribution in [0, 0.1) is 0 Å². The van der Waals surface area contributed by atoms with Gasteiger partial charge in [0.25, 0.3) is 0 Å². The van der Waals surface area contributed by atoms with Gasteiger partial charge in [-0.2, -0.15) is 11.8 Å². The topological polar surface area (TPSA) is 15.3 Å². The second kappa shape index (κ2) is 11.9. The Morgan fingerprint density at radius 2 is 1.83 bits per heavy atom. The fourth-order valence-electron chi connectivity index (χ4n) is 3.47. The lowest BCUT2D eigenvalue weighted by Gasteiger charge is -2.34. The van der Waals surface area contributed by atoms with Crippen LogP contribution < -0.4 is 5.32 Å². The predicted octanol–water partition coefficient (Wildman–Crippen LogP) is 4.55. The second-order valence-electron chi connectivity index (χ2n) is 6.62. The van der Waals surface area contributed by atoms with Crippen molar-refractivity contribution in [1.82, 2.24) is 10.2 Å². The summed E-state index contributed by atoms with van der Waals surface area (Å²) >= 11 is 2.03. The lowest BCUT2D eigenvalue weighted by atomic mass is 9.94. The molecule has 0 spiro atoms. The molecule has 1 N–H and O–H groups in total. The number of rotatable bonds is 11. The van der Waals surface area contributed by atoms with Gasteiger partial charge in [-0.3, -0.25) is 4.90 Å². The van der Waals surface area contributed by atoms with Crippen LogP contribution in [0.5, 0.6) is 0 Å². The van der Waals surface area contributed by atoms with Crippen LogP contribution >= 0.6 is 11.8 Å². The molecule has 1 fully saturated rings. The first-order valence-corrected chi connectivity index (χ1v) is 10.6. The van der Waals surface area contributed by atoms with E-state index in [-0.39, 0.29) is 0 Å². The van der Waals surface area contributed by atoms with Crippen molar-refractivity contribution in [1.29, 1.82) is 0 Å². The molecule has 0 amide bonds. The maximum atomic E-state index is 3.64. The highest BCUT2D eigenvalue weighted by Gasteiger charge is 2.19. The molecule has 1 aliphatic carbocycles. The van der Waals surface area contributed by atoms with Crippen LogP contribution in [0.15, 0.2) is 30.3 Å². The summed E-state index contributed by atoms with van der Waals surface area (Å²) in [7, 11) is 0. The second-order valence-corrected chi connectivity index (χ2v) is 7.72. The minimum atomic E-state index is 0.859. The third-order valence-corrected chi connectivity index (χ3v) is 5.74. The van der Waals surface area contributed by atoms with E-state index >= 15 is 0 Å². The van der Waals surface area contributed by atoms with E-state index in [1.165, 1.54) is 62.9 Å². The van der Waals surface area contributed by atoms with Crippen LogP contribution in [0.4, 0.5) is 0 Å². The normalized spacial score (nSPS) is 16.1. The van der Waals surface area contributed by atoms with Crippen LogP contribution in [0.2, 0.25) is 0 Å². The first-order valence-electron chi connectivity index (χ1n) is 9.46. The van der Waals surface area contributed by atoms with Gasteiger partial charge in [0.2, 0.25) is 0 Å². The average molecular weight is 335 g/mol. The standard InChI is InChI=1S/C20H34N2S/c1-2-15-22(20-11-7-4-8-12-20)16-13-21-14-17-23-18-19-9-5-3-6-10-19/h3,5-6,9-10,20-21H,2,4,7-8,11-18H2,1H3. The summed E-state index contributed by atoms with van der Waals surface area (Å²) in [5.74, 6) is 2.33. The molecule has 3 heteroatoms. The minimum Gasteiger partial charge on any atom is -0.315 e. The SMILES string of the molecule is CCCN(CCNCCSCc1ccccc1)C1CCCCC1. The van der Waals surface area contributed by atoms with E-state index in [0.29, 0.717) is 0 Å². The number of thioether (sulfide) groups is 1. The molecule has 1 aliphatic rings. The maximum Gasteiger partial charge on any atom is 0.0185 e. The number of nitrogens with one attached hydrogen (secondary N) is 1. The smallest absolute Gasteiger partial charge is 0.0185 e. The summed E-state index contributed by atoms with van der Waals surface area (Å²) in [6, 6.07) is 11.6. The van der Waals surface area contributed by atoms with Crippen molar-refractivity contribution in [2.45, 2.75) is 57.2 Å². The van der Waals surface area contributed by atoms with Crippen LogP contribution in [-0.4, -0.2) is 42.9 Å². The number of benzene rings is 1. The van der Waals surface area contributed by atoms with Gasteiger partial charge in [-0.15, -0.1) is 0 Å². The van der Waals surface area contributed by atoms with Crippen LogP contribution in [-0.2, 0) is 5.75 Å². The van der Waals surface area contributed by atoms with Gasteiger partial charge in [-0.25, -0.2) is 0 Å². The van der Waals surface area contributed by atoms with Crippen LogP contribution in [0.25, 0.3) is 0 Å². The Labute approximate surface area is 147 Å². The molecule has 0 saturated heterocycles. The van der Waals surface area contributed by atoms with Gasteiger partial charge in [0.05, 0.1) is 0 Å². The van der Waals surface area contributed by atoms with Crippen LogP contribution in [0.3, 0.4) is 0 Å². The highest BCUT2D eigenvalue weighted by atomic mass is 32.2. The van der Waals surface area contributed by atoms with Crippen molar-refractivity contribution in [2.24, 2.45) is 0 Å². The fraction of sp³-hybridized carbons (Fsp3) is 0.700. The Kier molecular flexibility index (Phi) is 9.77. The number of hydrogen-bond donors (Lipinski definition) is 1. The van der Waals surface area contributed by atoms with Crippen molar-refractivity contribution in [3.63, 3.8) is 0 Å². The van der Waals surface area contributed by atoms with E-state index in [2.05, 4.69) is 47.5 Å². The Morgan fingerprint density at radius 1 is 1.04 bits per heavy atom. The van der Waals surface area contributed by atoms with Gasteiger partial charge < -0.3 is 5.32 Å². The fourth-order valence-corrected chi connectivity index (χ4v) is 4.33. The van der Waals surface area contributed by atoms with Crippen molar-refractivity contribution in [3.8, 4) is 0 Å². The van der Waals surface area contributed by atoms with Crippen LogP contribution in [0.1, 0.15) is 51.0 Å².